The van der Waals surface area contributed by atoms with Gasteiger partial charge in [-0.15, -0.1) is 0 Å². The van der Waals surface area contributed by atoms with Crippen LogP contribution < -0.4 is 15.8 Å². The zero-order valence-corrected chi connectivity index (χ0v) is 17.5. The van der Waals surface area contributed by atoms with Gasteiger partial charge in [0, 0.05) is 21.5 Å². The monoisotopic (exact) mass is 428 g/mol. The number of hydrogen-bond acceptors (Lipinski definition) is 7. The first-order valence-electron chi connectivity index (χ1n) is 9.57. The number of hydrogen-bond donors (Lipinski definition) is 2. The Balaban J connectivity index is 1.61. The number of aromatic nitrogens is 4. The Kier molecular flexibility index (Phi) is 5.29. The highest BCUT2D eigenvalue weighted by atomic mass is 35.5. The number of nitrogens with one attached hydrogen (secondary N) is 2. The van der Waals surface area contributed by atoms with Crippen LogP contribution in [-0.4, -0.2) is 38.7 Å². The van der Waals surface area contributed by atoms with Gasteiger partial charge in [-0.3, -0.25) is 4.79 Å². The third-order valence-electron chi connectivity index (χ3n) is 5.10. The number of halogens is 1. The van der Waals surface area contributed by atoms with Gasteiger partial charge in [-0.25, -0.2) is 19.7 Å². The van der Waals surface area contributed by atoms with Crippen LogP contribution in [0.4, 0.5) is 16.7 Å². The van der Waals surface area contributed by atoms with E-state index in [9.17, 15) is 9.59 Å². The Morgan fingerprint density at radius 1 is 1.23 bits per heavy atom. The van der Waals surface area contributed by atoms with E-state index in [2.05, 4.69) is 25.3 Å². The number of rotatable bonds is 5. The fraction of sp³-hybridized carbons (Fsp3) is 0.350. The van der Waals surface area contributed by atoms with Crippen LogP contribution in [0, 0.1) is 5.92 Å². The van der Waals surface area contributed by atoms with Crippen LogP contribution in [0.25, 0.3) is 10.9 Å². The van der Waals surface area contributed by atoms with Crippen molar-refractivity contribution in [3.63, 3.8) is 0 Å². The largest absolute Gasteiger partial charge is 0.447 e. The quantitative estimate of drug-likeness (QED) is 0.639. The summed E-state index contributed by atoms with van der Waals surface area (Å²) in [5.41, 5.74) is 0.990. The molecule has 3 aromatic rings. The lowest BCUT2D eigenvalue weighted by Gasteiger charge is -2.22. The van der Waals surface area contributed by atoms with E-state index in [1.807, 2.05) is 20.8 Å². The fourth-order valence-corrected chi connectivity index (χ4v) is 3.60. The van der Waals surface area contributed by atoms with Crippen LogP contribution >= 0.6 is 11.6 Å². The molecule has 4 rings (SSSR count). The molecule has 1 aliphatic rings. The average molecular weight is 429 g/mol. The molecule has 0 spiro atoms. The van der Waals surface area contributed by atoms with E-state index in [-0.39, 0.29) is 36.0 Å². The summed E-state index contributed by atoms with van der Waals surface area (Å²) in [4.78, 5) is 41.6. The fourth-order valence-electron chi connectivity index (χ4n) is 3.42. The Morgan fingerprint density at radius 3 is 2.80 bits per heavy atom. The highest BCUT2D eigenvalue weighted by molar-refractivity contribution is 6.31. The molecule has 30 heavy (non-hydrogen) atoms. The summed E-state index contributed by atoms with van der Waals surface area (Å²) in [6.07, 6.45) is 0.840. The van der Waals surface area contributed by atoms with Gasteiger partial charge in [0.25, 0.3) is 5.56 Å². The number of amides is 1. The molecule has 1 amide bonds. The van der Waals surface area contributed by atoms with Crippen LogP contribution in [0.15, 0.2) is 35.4 Å². The minimum atomic E-state index is -0.484. The van der Waals surface area contributed by atoms with E-state index in [1.165, 1.54) is 11.2 Å². The summed E-state index contributed by atoms with van der Waals surface area (Å²) >= 11 is 6.07. The number of pyridine rings is 1. The summed E-state index contributed by atoms with van der Waals surface area (Å²) < 4.78 is 5.16. The van der Waals surface area contributed by atoms with Crippen molar-refractivity contribution >= 4 is 40.5 Å². The van der Waals surface area contributed by atoms with Crippen molar-refractivity contribution in [3.8, 4) is 0 Å². The molecule has 0 saturated carbocycles. The van der Waals surface area contributed by atoms with Gasteiger partial charge in [-0.05, 0) is 37.1 Å². The SMILES string of the molecule is CC(C)[C@H]1COC(=O)N1c1ncnc(N[C@H](C)c2cc3cc(Cl)ccc3[nH]c2=O)n1. The molecule has 9 nitrogen and oxygen atoms in total. The van der Waals surface area contributed by atoms with Crippen molar-refractivity contribution < 1.29 is 9.53 Å². The van der Waals surface area contributed by atoms with Gasteiger partial charge >= 0.3 is 6.09 Å². The number of anilines is 2. The standard InChI is InChI=1S/C20H21ClN6O3/c1-10(2)16-8-30-20(29)27(16)19-23-9-22-18(26-19)24-11(3)14-7-12-6-13(21)4-5-15(12)25-17(14)28/h4-7,9-11,16H,8H2,1-3H3,(H,25,28)(H,22,23,24,26)/t11-,16-/m1/s1. The van der Waals surface area contributed by atoms with Crippen LogP contribution in [0.2, 0.25) is 5.02 Å². The van der Waals surface area contributed by atoms with E-state index < -0.39 is 12.1 Å². The number of aromatic amines is 1. The topological polar surface area (TPSA) is 113 Å². The molecule has 0 radical (unpaired) electrons. The van der Waals surface area contributed by atoms with Crippen molar-refractivity contribution in [1.82, 2.24) is 19.9 Å². The van der Waals surface area contributed by atoms with Gasteiger partial charge in [0.1, 0.15) is 12.9 Å². The summed E-state index contributed by atoms with van der Waals surface area (Å²) in [7, 11) is 0. The van der Waals surface area contributed by atoms with E-state index in [0.29, 0.717) is 16.1 Å². The van der Waals surface area contributed by atoms with Crippen molar-refractivity contribution in [1.29, 1.82) is 0 Å². The van der Waals surface area contributed by atoms with Crippen molar-refractivity contribution in [2.45, 2.75) is 32.9 Å². The number of carbonyl (C=O) groups is 1. The highest BCUT2D eigenvalue weighted by Gasteiger charge is 2.38. The van der Waals surface area contributed by atoms with Crippen LogP contribution in [0.1, 0.15) is 32.4 Å². The number of H-pyrrole nitrogens is 1. The van der Waals surface area contributed by atoms with Crippen molar-refractivity contribution in [3.05, 3.63) is 51.5 Å². The van der Waals surface area contributed by atoms with E-state index in [0.717, 1.165) is 5.39 Å². The number of nitrogens with zero attached hydrogens (tertiary/aromatic N) is 4. The molecule has 2 atom stereocenters. The molecule has 1 fully saturated rings. The van der Waals surface area contributed by atoms with Gasteiger partial charge in [0.15, 0.2) is 0 Å². The lowest BCUT2D eigenvalue weighted by Crippen LogP contribution is -2.38. The first-order chi connectivity index (χ1) is 14.3. The normalized spacial score (nSPS) is 17.4. The van der Waals surface area contributed by atoms with E-state index in [4.69, 9.17) is 16.3 Å². The summed E-state index contributed by atoms with van der Waals surface area (Å²) in [5.74, 6) is 0.631. The zero-order valence-electron chi connectivity index (χ0n) is 16.7. The molecule has 156 valence electrons. The molecule has 2 aromatic heterocycles. The molecule has 1 saturated heterocycles. The second-order valence-corrected chi connectivity index (χ2v) is 7.96. The second-order valence-electron chi connectivity index (χ2n) is 7.52. The third-order valence-corrected chi connectivity index (χ3v) is 5.33. The molecule has 2 N–H and O–H groups in total. The van der Waals surface area contributed by atoms with E-state index in [1.54, 1.807) is 24.3 Å². The molecule has 0 aliphatic carbocycles. The van der Waals surface area contributed by atoms with Gasteiger partial charge < -0.3 is 15.0 Å². The number of cyclic esters (lactones) is 1. The first-order valence-corrected chi connectivity index (χ1v) is 9.95. The summed E-state index contributed by atoms with van der Waals surface area (Å²) in [6, 6.07) is 6.50. The summed E-state index contributed by atoms with van der Waals surface area (Å²) in [6.45, 7) is 6.11. The first kappa shape index (κ1) is 20.1. The Bertz CT molecular complexity index is 1160. The molecule has 1 aliphatic heterocycles. The second kappa shape index (κ2) is 7.91. The maximum Gasteiger partial charge on any atom is 0.417 e. The highest BCUT2D eigenvalue weighted by Crippen LogP contribution is 2.25. The molecule has 0 unspecified atom stereocenters. The smallest absolute Gasteiger partial charge is 0.417 e. The molecule has 3 heterocycles. The lowest BCUT2D eigenvalue weighted by atomic mass is 10.1. The Morgan fingerprint density at radius 2 is 2.03 bits per heavy atom. The maximum absolute atomic E-state index is 12.5. The molecular weight excluding hydrogens is 408 g/mol. The molecule has 1 aromatic carbocycles. The number of carbonyl (C=O) groups excluding carboxylic acids is 1. The van der Waals surface area contributed by atoms with Crippen LogP contribution in [-0.2, 0) is 4.74 Å². The van der Waals surface area contributed by atoms with Crippen molar-refractivity contribution in [2.75, 3.05) is 16.8 Å². The van der Waals surface area contributed by atoms with Crippen LogP contribution in [0.3, 0.4) is 0 Å². The van der Waals surface area contributed by atoms with E-state index >= 15 is 0 Å². The maximum atomic E-state index is 12.5. The molecule has 0 bridgehead atoms. The van der Waals surface area contributed by atoms with Crippen molar-refractivity contribution in [2.24, 2.45) is 5.92 Å². The lowest BCUT2D eigenvalue weighted by molar-refractivity contribution is 0.177. The average Bonchev–Trinajstić information content (AvgIpc) is 3.09. The predicted octanol–water partition coefficient (Wildman–Crippen LogP) is 3.52. The molecular formula is C20H21ClN6O3. The number of fused-ring (bicyclic) bond motifs is 1. The van der Waals surface area contributed by atoms with Crippen LogP contribution in [0.5, 0.6) is 0 Å². The third kappa shape index (κ3) is 3.80. The van der Waals surface area contributed by atoms with Gasteiger partial charge in [-0.2, -0.15) is 4.98 Å². The zero-order chi connectivity index (χ0) is 21.4. The number of benzene rings is 1. The molecule has 10 heteroatoms. The minimum Gasteiger partial charge on any atom is -0.447 e. The Hall–Kier alpha value is -3.20. The van der Waals surface area contributed by atoms with Gasteiger partial charge in [0.2, 0.25) is 11.9 Å². The Labute approximate surface area is 177 Å². The minimum absolute atomic E-state index is 0.154. The summed E-state index contributed by atoms with van der Waals surface area (Å²) in [5, 5.41) is 4.51. The predicted molar refractivity (Wildman–Crippen MR) is 114 cm³/mol. The van der Waals surface area contributed by atoms with Gasteiger partial charge in [0.05, 0.1) is 12.1 Å². The number of ether oxygens (including phenoxy) is 1. The van der Waals surface area contributed by atoms with Gasteiger partial charge in [-0.1, -0.05) is 25.4 Å².